The van der Waals surface area contributed by atoms with Crippen LogP contribution in [0.15, 0.2) is 111 Å². The standard InChI is InChI=1S/C17H22S.C16H12BrFO3/c1-17(2,3)18(4,15-11-7-5-8-12-15)16-13-9-6-10-14-16;1-2-9-3-4-11(8-14(9)19)16(21)15(20)10-5-6-13(18)12(17)7-10/h5-14H,1-4H3;3-8,19H,2H2,1H3. The van der Waals surface area contributed by atoms with Gasteiger partial charge in [0.25, 0.3) is 0 Å². The topological polar surface area (TPSA) is 54.4 Å². The summed E-state index contributed by atoms with van der Waals surface area (Å²) < 4.78 is 13.5. The van der Waals surface area contributed by atoms with Crippen LogP contribution in [0.2, 0.25) is 0 Å². The van der Waals surface area contributed by atoms with Crippen LogP contribution in [0.5, 0.6) is 5.75 Å². The van der Waals surface area contributed by atoms with Gasteiger partial charge in [-0.1, -0.05) is 76.2 Å². The van der Waals surface area contributed by atoms with Gasteiger partial charge in [-0.25, -0.2) is 4.39 Å². The number of Topliss-reactive ketones (excluding diaryl/α,β-unsaturated/α-hetero) is 2. The van der Waals surface area contributed by atoms with Gasteiger partial charge >= 0.3 is 0 Å². The monoisotopic (exact) mass is 608 g/mol. The highest BCUT2D eigenvalue weighted by atomic mass is 79.9. The summed E-state index contributed by atoms with van der Waals surface area (Å²) in [4.78, 5) is 27.1. The fraction of sp³-hybridized carbons (Fsp3) is 0.212. The lowest BCUT2D eigenvalue weighted by atomic mass is 9.99. The molecule has 4 rings (SSSR count). The van der Waals surface area contributed by atoms with Crippen molar-refractivity contribution in [1.82, 2.24) is 0 Å². The Morgan fingerprint density at radius 2 is 1.26 bits per heavy atom. The quantitative estimate of drug-likeness (QED) is 0.175. The SMILES string of the molecule is CC(C)(C)S(C)(c1ccccc1)c1ccccc1.CCc1ccc(C(=O)C(=O)c2ccc(F)c(Br)c2)cc1O. The summed E-state index contributed by atoms with van der Waals surface area (Å²) >= 11 is 2.97. The maximum absolute atomic E-state index is 13.1. The maximum Gasteiger partial charge on any atom is 0.233 e. The van der Waals surface area contributed by atoms with Crippen LogP contribution in [-0.4, -0.2) is 27.7 Å². The molecule has 4 aromatic carbocycles. The van der Waals surface area contributed by atoms with E-state index in [0.717, 1.165) is 6.07 Å². The Hall–Kier alpha value is -3.22. The minimum absolute atomic E-state index is 0.0172. The lowest BCUT2D eigenvalue weighted by molar-refractivity contribution is 0.0816. The van der Waals surface area contributed by atoms with E-state index in [1.165, 1.54) is 34.1 Å². The maximum atomic E-state index is 13.1. The summed E-state index contributed by atoms with van der Waals surface area (Å²) in [6.07, 6.45) is 3.05. The molecular weight excluding hydrogens is 575 g/mol. The van der Waals surface area contributed by atoms with Gasteiger partial charge < -0.3 is 5.11 Å². The van der Waals surface area contributed by atoms with Gasteiger partial charge in [0.05, 0.1) is 4.47 Å². The Morgan fingerprint density at radius 1 is 0.795 bits per heavy atom. The van der Waals surface area contributed by atoms with Crippen molar-refractivity contribution in [1.29, 1.82) is 0 Å². The minimum atomic E-state index is -1.01. The molecule has 0 amide bonds. The lowest BCUT2D eigenvalue weighted by Crippen LogP contribution is -2.24. The number of ketones is 2. The molecule has 0 aliphatic carbocycles. The van der Waals surface area contributed by atoms with Gasteiger partial charge in [-0.3, -0.25) is 9.59 Å². The third kappa shape index (κ3) is 6.87. The zero-order chi connectivity index (χ0) is 28.8. The molecule has 0 fully saturated rings. The van der Waals surface area contributed by atoms with E-state index in [1.54, 1.807) is 6.07 Å². The molecule has 204 valence electrons. The van der Waals surface area contributed by atoms with Crippen molar-refractivity contribution < 1.29 is 19.1 Å². The number of aromatic hydroxyl groups is 1. The Balaban J connectivity index is 0.000000218. The summed E-state index contributed by atoms with van der Waals surface area (Å²) in [5.74, 6) is -2.02. The molecule has 0 aliphatic heterocycles. The first kappa shape index (κ1) is 30.3. The number of hydrogen-bond donors (Lipinski definition) is 1. The predicted molar refractivity (Wildman–Crippen MR) is 163 cm³/mol. The van der Waals surface area contributed by atoms with E-state index in [0.29, 0.717) is 12.0 Å². The Morgan fingerprint density at radius 3 is 1.67 bits per heavy atom. The summed E-state index contributed by atoms with van der Waals surface area (Å²) in [7, 11) is -1.01. The van der Waals surface area contributed by atoms with Crippen LogP contribution in [0.3, 0.4) is 0 Å². The largest absolute Gasteiger partial charge is 0.508 e. The van der Waals surface area contributed by atoms with Crippen molar-refractivity contribution in [2.75, 3.05) is 6.26 Å². The van der Waals surface area contributed by atoms with Gasteiger partial charge in [0.15, 0.2) is 0 Å². The number of halogens is 2. The number of carbonyl (C=O) groups excluding carboxylic acids is 2. The summed E-state index contributed by atoms with van der Waals surface area (Å²) in [6.45, 7) is 8.92. The van der Waals surface area contributed by atoms with Gasteiger partial charge in [0, 0.05) is 11.1 Å². The van der Waals surface area contributed by atoms with Crippen LogP contribution in [0.4, 0.5) is 4.39 Å². The zero-order valence-corrected chi connectivity index (χ0v) is 25.3. The second-order valence-electron chi connectivity index (χ2n) is 10.1. The molecule has 0 saturated heterocycles. The normalized spacial score (nSPS) is 11.8. The van der Waals surface area contributed by atoms with E-state index in [9.17, 15) is 19.1 Å². The van der Waals surface area contributed by atoms with E-state index in [2.05, 4.69) is 104 Å². The molecule has 0 heterocycles. The summed E-state index contributed by atoms with van der Waals surface area (Å²) in [6, 6.07) is 29.9. The van der Waals surface area contributed by atoms with Crippen LogP contribution >= 0.6 is 26.0 Å². The number of phenols is 1. The molecule has 0 unspecified atom stereocenters. The zero-order valence-electron chi connectivity index (χ0n) is 22.9. The molecule has 39 heavy (non-hydrogen) atoms. The van der Waals surface area contributed by atoms with Crippen molar-refractivity contribution in [3.8, 4) is 5.75 Å². The lowest BCUT2D eigenvalue weighted by Gasteiger charge is -2.48. The molecule has 0 atom stereocenters. The van der Waals surface area contributed by atoms with Crippen molar-refractivity contribution >= 4 is 37.5 Å². The molecule has 1 N–H and O–H groups in total. The van der Waals surface area contributed by atoms with Crippen LogP contribution in [0.25, 0.3) is 0 Å². The Labute approximate surface area is 240 Å². The third-order valence-electron chi connectivity index (χ3n) is 6.77. The summed E-state index contributed by atoms with van der Waals surface area (Å²) in [5, 5.41) is 9.75. The molecule has 3 nitrogen and oxygen atoms in total. The number of hydrogen-bond acceptors (Lipinski definition) is 3. The van der Waals surface area contributed by atoms with E-state index in [1.807, 2.05) is 6.92 Å². The fourth-order valence-corrected chi connectivity index (χ4v) is 7.60. The van der Waals surface area contributed by atoms with Crippen LogP contribution in [0, 0.1) is 5.82 Å². The van der Waals surface area contributed by atoms with Gasteiger partial charge in [-0.15, -0.1) is 0 Å². The van der Waals surface area contributed by atoms with Gasteiger partial charge in [-0.2, -0.15) is 10.0 Å². The smallest absolute Gasteiger partial charge is 0.233 e. The fourth-order valence-electron chi connectivity index (χ4n) is 4.13. The van der Waals surface area contributed by atoms with Gasteiger partial charge in [0.1, 0.15) is 11.6 Å². The van der Waals surface area contributed by atoms with Crippen molar-refractivity contribution in [2.24, 2.45) is 0 Å². The average molecular weight is 610 g/mol. The molecule has 4 aromatic rings. The highest BCUT2D eigenvalue weighted by Gasteiger charge is 2.35. The van der Waals surface area contributed by atoms with Crippen molar-refractivity contribution in [3.63, 3.8) is 0 Å². The van der Waals surface area contributed by atoms with Gasteiger partial charge in [-0.05, 0) is 97.2 Å². The van der Waals surface area contributed by atoms with E-state index in [-0.39, 0.29) is 26.1 Å². The van der Waals surface area contributed by atoms with Crippen molar-refractivity contribution in [3.05, 3.63) is 124 Å². The molecular formula is C33H34BrFO3S. The molecule has 0 aliphatic rings. The highest BCUT2D eigenvalue weighted by Crippen LogP contribution is 2.67. The van der Waals surface area contributed by atoms with Crippen LogP contribution in [-0.2, 0) is 6.42 Å². The van der Waals surface area contributed by atoms with E-state index < -0.39 is 27.4 Å². The van der Waals surface area contributed by atoms with Crippen LogP contribution in [0.1, 0.15) is 54.0 Å². The van der Waals surface area contributed by atoms with Crippen molar-refractivity contribution in [2.45, 2.75) is 48.7 Å². The second-order valence-corrected chi connectivity index (χ2v) is 15.0. The number of phenolic OH excluding ortho intramolecular Hbond substituents is 1. The summed E-state index contributed by atoms with van der Waals surface area (Å²) in [5.41, 5.74) is 0.894. The molecule has 0 radical (unpaired) electrons. The number of rotatable bonds is 6. The molecule has 6 heteroatoms. The van der Waals surface area contributed by atoms with E-state index >= 15 is 0 Å². The Bertz CT molecular complexity index is 1410. The third-order valence-corrected chi connectivity index (χ3v) is 12.3. The van der Waals surface area contributed by atoms with E-state index in [4.69, 9.17) is 0 Å². The first-order chi connectivity index (χ1) is 18.4. The first-order valence-corrected chi connectivity index (χ1v) is 15.5. The second kappa shape index (κ2) is 12.8. The number of benzene rings is 4. The average Bonchev–Trinajstić information content (AvgIpc) is 2.94. The molecule has 0 aromatic heterocycles. The molecule has 0 bridgehead atoms. The number of carbonyl (C=O) groups is 2. The Kier molecular flexibility index (Phi) is 9.92. The minimum Gasteiger partial charge on any atom is -0.508 e. The number of aryl methyl sites for hydroxylation is 1. The molecule has 0 spiro atoms. The first-order valence-electron chi connectivity index (χ1n) is 12.6. The molecule has 0 saturated carbocycles. The van der Waals surface area contributed by atoms with Crippen LogP contribution < -0.4 is 0 Å². The predicted octanol–water partition coefficient (Wildman–Crippen LogP) is 9.26. The highest BCUT2D eigenvalue weighted by molar-refractivity contribution is 9.10. The van der Waals surface area contributed by atoms with Gasteiger partial charge in [0.2, 0.25) is 11.6 Å².